The van der Waals surface area contributed by atoms with Crippen LogP contribution in [0.3, 0.4) is 0 Å². The Hall–Kier alpha value is -1.14. The molecule has 0 spiro atoms. The second-order valence-electron chi connectivity index (χ2n) is 4.31. The number of hydrogen-bond donors (Lipinski definition) is 0. The van der Waals surface area contributed by atoms with Crippen LogP contribution in [0, 0.1) is 6.58 Å². The van der Waals surface area contributed by atoms with E-state index in [1.54, 1.807) is 0 Å². The van der Waals surface area contributed by atoms with Crippen LogP contribution in [0.4, 0.5) is 0 Å². The summed E-state index contributed by atoms with van der Waals surface area (Å²) in [6.07, 6.45) is 0. The first kappa shape index (κ1) is 24.1. The first-order valence-corrected chi connectivity index (χ1v) is 6.55. The van der Waals surface area contributed by atoms with Crippen molar-refractivity contribution >= 4 is 21.5 Å². The summed E-state index contributed by atoms with van der Waals surface area (Å²) in [6.45, 7) is 7.00. The second-order valence-corrected chi connectivity index (χ2v) is 4.31. The zero-order valence-electron chi connectivity index (χ0n) is 12.6. The van der Waals surface area contributed by atoms with Gasteiger partial charge in [-0.15, -0.1) is 59.3 Å². The van der Waals surface area contributed by atoms with Gasteiger partial charge in [-0.1, -0.05) is 12.1 Å². The van der Waals surface area contributed by atoms with E-state index < -0.39 is 0 Å². The average molecular weight is 419 g/mol. The molecule has 23 heavy (non-hydrogen) atoms. The minimum Gasteiger partial charge on any atom is -1.00 e. The molecule has 0 atom stereocenters. The van der Waals surface area contributed by atoms with Crippen molar-refractivity contribution in [2.24, 2.45) is 0 Å². The molecule has 0 bridgehead atoms. The fourth-order valence-electron chi connectivity index (χ4n) is 2.14. The van der Waals surface area contributed by atoms with Gasteiger partial charge in [-0.25, -0.2) is 0 Å². The Morgan fingerprint density at radius 3 is 1.30 bits per heavy atom. The Balaban J connectivity index is 0. The van der Waals surface area contributed by atoms with Crippen LogP contribution < -0.4 is 24.8 Å². The molecule has 0 unspecified atom stereocenters. The maximum Gasteiger partial charge on any atom is 2.00 e. The molecule has 0 fully saturated rings. The van der Waals surface area contributed by atoms with E-state index in [9.17, 15) is 0 Å². The van der Waals surface area contributed by atoms with Crippen LogP contribution >= 0.6 is 0 Å². The van der Waals surface area contributed by atoms with E-state index in [2.05, 4.69) is 98.1 Å². The molecule has 0 radical (unpaired) electrons. The van der Waals surface area contributed by atoms with Gasteiger partial charge in [-0.05, 0) is 0 Å². The summed E-state index contributed by atoms with van der Waals surface area (Å²) in [5.41, 5.74) is 0. The van der Waals surface area contributed by atoms with E-state index >= 15 is 0 Å². The fraction of sp³-hybridized carbons (Fsp3) is 0. The molecule has 0 aliphatic rings. The summed E-state index contributed by atoms with van der Waals surface area (Å²) in [5.74, 6) is 0. The minimum atomic E-state index is 0. The van der Waals surface area contributed by atoms with Gasteiger partial charge < -0.3 is 31.4 Å². The molecular weight excluding hydrogens is 402 g/mol. The number of fused-ring (bicyclic) bond motifs is 2. The second kappa shape index (κ2) is 13.3. The maximum atomic E-state index is 4.25. The molecule has 0 saturated carbocycles. The molecule has 3 heteroatoms. The fourth-order valence-corrected chi connectivity index (χ4v) is 2.14. The summed E-state index contributed by atoms with van der Waals surface area (Å²) < 4.78 is 0. The van der Waals surface area contributed by atoms with Crippen LogP contribution in [0.5, 0.6) is 0 Å². The smallest absolute Gasteiger partial charge is 1.00 e. The predicted molar refractivity (Wildman–Crippen MR) is 89.0 cm³/mol. The quantitative estimate of drug-likeness (QED) is 0.344. The first-order valence-electron chi connectivity index (χ1n) is 6.55. The van der Waals surface area contributed by atoms with E-state index in [1.165, 1.54) is 21.5 Å². The molecule has 0 aliphatic heterocycles. The van der Waals surface area contributed by atoms with Crippen LogP contribution in [0.15, 0.2) is 91.5 Å². The van der Waals surface area contributed by atoms with Gasteiger partial charge in [0.15, 0.2) is 0 Å². The number of rotatable bonds is 0. The number of halogens is 2. The van der Waals surface area contributed by atoms with Crippen LogP contribution in [0.25, 0.3) is 21.5 Å². The first-order chi connectivity index (χ1) is 9.93. The molecule has 4 aromatic carbocycles. The van der Waals surface area contributed by atoms with Gasteiger partial charge in [0.05, 0.1) is 0 Å². The van der Waals surface area contributed by atoms with Gasteiger partial charge in [0.1, 0.15) is 0 Å². The largest absolute Gasteiger partial charge is 2.00 e. The molecule has 0 amide bonds. The molecule has 118 valence electrons. The molecule has 0 aromatic heterocycles. The van der Waals surface area contributed by atoms with Crippen molar-refractivity contribution in [2.75, 3.05) is 0 Å². The molecule has 0 heterocycles. The van der Waals surface area contributed by atoms with Gasteiger partial charge >= 0.3 is 26.2 Å². The van der Waals surface area contributed by atoms with Crippen LogP contribution in [-0.4, -0.2) is 0 Å². The van der Waals surface area contributed by atoms with Gasteiger partial charge in [0, 0.05) is 0 Å². The Morgan fingerprint density at radius 2 is 0.957 bits per heavy atom. The Labute approximate surface area is 169 Å². The molecule has 4 rings (SSSR count). The predicted octanol–water partition coefficient (Wildman–Crippen LogP) is -0.272. The van der Waals surface area contributed by atoms with Gasteiger partial charge in [-0.2, -0.15) is 35.0 Å². The average Bonchev–Trinajstić information content (AvgIpc) is 3.18. The van der Waals surface area contributed by atoms with Gasteiger partial charge in [0.2, 0.25) is 0 Å². The number of benzene rings is 2. The number of hydrogen-bond acceptors (Lipinski definition) is 0. The molecule has 0 nitrogen and oxygen atoms in total. The summed E-state index contributed by atoms with van der Waals surface area (Å²) >= 11 is 0. The minimum absolute atomic E-state index is 0. The van der Waals surface area contributed by atoms with Crippen LogP contribution in [0.1, 0.15) is 0 Å². The summed E-state index contributed by atoms with van der Waals surface area (Å²) in [7, 11) is 0. The van der Waals surface area contributed by atoms with Crippen molar-refractivity contribution in [3.05, 3.63) is 98.1 Å². The van der Waals surface area contributed by atoms with E-state index in [1.807, 2.05) is 0 Å². The maximum absolute atomic E-state index is 4.25. The zero-order chi connectivity index (χ0) is 14.2. The Kier molecular flexibility index (Phi) is 14.0. The van der Waals surface area contributed by atoms with E-state index in [0.29, 0.717) is 0 Å². The monoisotopic (exact) mass is 417 g/mol. The van der Waals surface area contributed by atoms with E-state index in [-0.39, 0.29) is 51.0 Å². The SMILES string of the molecule is [CH-]=C.[Cl-].[Cl-].[Zr+2].c1ccc2[cH-]ccc2c1.c1ccc2[cH-]ccc2c1. The zero-order valence-corrected chi connectivity index (χ0v) is 16.6. The Morgan fingerprint density at radius 1 is 0.609 bits per heavy atom. The summed E-state index contributed by atoms with van der Waals surface area (Å²) in [4.78, 5) is 0. The topological polar surface area (TPSA) is 0 Å². The third kappa shape index (κ3) is 6.87. The van der Waals surface area contributed by atoms with Crippen molar-refractivity contribution in [1.29, 1.82) is 0 Å². The van der Waals surface area contributed by atoms with Crippen molar-refractivity contribution in [1.82, 2.24) is 0 Å². The third-order valence-corrected chi connectivity index (χ3v) is 3.10. The molecule has 4 aromatic rings. The van der Waals surface area contributed by atoms with Crippen LogP contribution in [0.2, 0.25) is 0 Å². The third-order valence-electron chi connectivity index (χ3n) is 3.10. The molecule has 0 aliphatic carbocycles. The molecular formula is C20H17Cl2Zr-3. The van der Waals surface area contributed by atoms with Crippen molar-refractivity contribution in [2.45, 2.75) is 0 Å². The van der Waals surface area contributed by atoms with Crippen molar-refractivity contribution in [3.63, 3.8) is 0 Å². The Bertz CT molecular complexity index is 645. The normalized spacial score (nSPS) is 8.17. The van der Waals surface area contributed by atoms with Gasteiger partial charge in [-0.3, -0.25) is 6.58 Å². The molecule has 0 N–H and O–H groups in total. The summed E-state index contributed by atoms with van der Waals surface area (Å²) in [6, 6.07) is 29.3. The van der Waals surface area contributed by atoms with Crippen LogP contribution in [-0.2, 0) is 26.2 Å². The van der Waals surface area contributed by atoms with Crippen molar-refractivity contribution in [3.8, 4) is 0 Å². The van der Waals surface area contributed by atoms with E-state index in [0.717, 1.165) is 0 Å². The van der Waals surface area contributed by atoms with Crippen molar-refractivity contribution < 1.29 is 51.0 Å². The molecule has 0 saturated heterocycles. The standard InChI is InChI=1S/2C9H7.C2H3.2ClH.Zr/c2*1-2-5-9-7-3-6-8(9)4-1;1-2;;;/h2*1-7H;1H,2H2;2*1H;/q3*-1;;;+2/p-2. The van der Waals surface area contributed by atoms with Gasteiger partial charge in [0.25, 0.3) is 0 Å². The van der Waals surface area contributed by atoms with E-state index in [4.69, 9.17) is 0 Å². The summed E-state index contributed by atoms with van der Waals surface area (Å²) in [5, 5.41) is 5.32.